The van der Waals surface area contributed by atoms with Crippen LogP contribution in [0.15, 0.2) is 128 Å². The van der Waals surface area contributed by atoms with Crippen LogP contribution in [0.5, 0.6) is 0 Å². The number of carboxylic acid groups (broad SMARTS) is 1. The Bertz CT molecular complexity index is 2380. The maximum Gasteiger partial charge on any atom is 0.335 e. The number of hydrogen-bond donors (Lipinski definition) is 1. The number of aromatic carboxylic acids is 1. The lowest BCUT2D eigenvalue weighted by molar-refractivity contribution is 0.0697. The standard InChI is InChI=1S/C36H35F.C10H7NO2/c1-35(2,3)28-14-10-23(11-15-28)26-18-27(20-29(37)19-26)34-21-25-13-17-31-30-9-7-6-8-24(30)12-16-32(31)33(25)22-36(34,4)5;12-10(13)8-3-4-9-7(6-8)2-1-5-11-9/h6-20,34H,21-22H2,1-5H3;1-6H,(H,12,13). The molecule has 1 heterocycles. The van der Waals surface area contributed by atoms with Crippen LogP contribution in [0, 0.1) is 11.2 Å². The highest BCUT2D eigenvalue weighted by Crippen LogP contribution is 2.48. The van der Waals surface area contributed by atoms with E-state index >= 15 is 4.39 Å². The molecular weight excluding hydrogens is 618 g/mol. The van der Waals surface area contributed by atoms with Crippen molar-refractivity contribution >= 4 is 38.4 Å². The summed E-state index contributed by atoms with van der Waals surface area (Å²) in [6.07, 6.45) is 3.59. The molecule has 4 heteroatoms. The molecule has 250 valence electrons. The summed E-state index contributed by atoms with van der Waals surface area (Å²) < 4.78 is 15.0. The van der Waals surface area contributed by atoms with E-state index in [0.29, 0.717) is 5.56 Å². The van der Waals surface area contributed by atoms with Crippen molar-refractivity contribution in [2.45, 2.75) is 58.8 Å². The van der Waals surface area contributed by atoms with Crippen molar-refractivity contribution in [1.82, 2.24) is 4.98 Å². The van der Waals surface area contributed by atoms with Gasteiger partial charge in [0.05, 0.1) is 11.1 Å². The van der Waals surface area contributed by atoms with Crippen molar-refractivity contribution in [2.75, 3.05) is 0 Å². The summed E-state index contributed by atoms with van der Waals surface area (Å²) in [6, 6.07) is 40.6. The maximum atomic E-state index is 15.0. The molecule has 6 aromatic carbocycles. The first-order chi connectivity index (χ1) is 23.9. The molecule has 1 atom stereocenters. The Labute approximate surface area is 293 Å². The van der Waals surface area contributed by atoms with Crippen LogP contribution in [0.2, 0.25) is 0 Å². The number of fused-ring (bicyclic) bond motifs is 6. The second-order valence-corrected chi connectivity index (χ2v) is 15.3. The van der Waals surface area contributed by atoms with Crippen LogP contribution in [0.4, 0.5) is 4.39 Å². The Balaban J connectivity index is 0.000000253. The van der Waals surface area contributed by atoms with Gasteiger partial charge in [0, 0.05) is 11.6 Å². The topological polar surface area (TPSA) is 50.2 Å². The molecule has 0 amide bonds. The van der Waals surface area contributed by atoms with E-state index in [2.05, 4.69) is 118 Å². The van der Waals surface area contributed by atoms with Gasteiger partial charge >= 0.3 is 5.97 Å². The van der Waals surface area contributed by atoms with Gasteiger partial charge in [0.25, 0.3) is 0 Å². The monoisotopic (exact) mass is 659 g/mol. The van der Waals surface area contributed by atoms with Crippen molar-refractivity contribution in [3.05, 3.63) is 161 Å². The molecule has 0 saturated carbocycles. The minimum atomic E-state index is -0.911. The summed E-state index contributed by atoms with van der Waals surface area (Å²) in [5, 5.41) is 14.9. The van der Waals surface area contributed by atoms with Gasteiger partial charge in [-0.05, 0) is 121 Å². The minimum absolute atomic E-state index is 0.00802. The van der Waals surface area contributed by atoms with Gasteiger partial charge in [-0.2, -0.15) is 0 Å². The number of halogens is 1. The van der Waals surface area contributed by atoms with E-state index in [1.54, 1.807) is 42.6 Å². The molecule has 1 N–H and O–H groups in total. The molecular formula is C46H42FNO2. The summed E-state index contributed by atoms with van der Waals surface area (Å²) in [4.78, 5) is 14.7. The molecule has 1 unspecified atom stereocenters. The Morgan fingerprint density at radius 1 is 0.760 bits per heavy atom. The number of carboxylic acids is 1. The fourth-order valence-electron chi connectivity index (χ4n) is 7.59. The normalized spacial score (nSPS) is 15.4. The number of hydrogen-bond acceptors (Lipinski definition) is 2. The maximum absolute atomic E-state index is 15.0. The van der Waals surface area contributed by atoms with E-state index in [-0.39, 0.29) is 22.6 Å². The van der Waals surface area contributed by atoms with Crippen molar-refractivity contribution in [3.63, 3.8) is 0 Å². The SMILES string of the molecule is CC(C)(C)c1ccc(-c2cc(F)cc(C3Cc4ccc5c(ccc6ccccc65)c4CC3(C)C)c2)cc1.O=C(O)c1ccc2ncccc2c1. The molecule has 7 aromatic rings. The molecule has 0 aliphatic heterocycles. The van der Waals surface area contributed by atoms with Gasteiger partial charge in [0.15, 0.2) is 0 Å². The highest BCUT2D eigenvalue weighted by atomic mass is 19.1. The summed E-state index contributed by atoms with van der Waals surface area (Å²) in [5.41, 5.74) is 8.49. The molecule has 0 bridgehead atoms. The van der Waals surface area contributed by atoms with Crippen LogP contribution in [-0.4, -0.2) is 16.1 Å². The van der Waals surface area contributed by atoms with Crippen molar-refractivity contribution in [2.24, 2.45) is 5.41 Å². The van der Waals surface area contributed by atoms with Crippen LogP contribution in [0.3, 0.4) is 0 Å². The Hall–Kier alpha value is -5.35. The van der Waals surface area contributed by atoms with E-state index in [1.165, 1.54) is 38.2 Å². The second-order valence-electron chi connectivity index (χ2n) is 15.3. The number of rotatable bonds is 3. The van der Waals surface area contributed by atoms with Crippen LogP contribution in [0.25, 0.3) is 43.6 Å². The quantitative estimate of drug-likeness (QED) is 0.192. The summed E-state index contributed by atoms with van der Waals surface area (Å²) in [7, 11) is 0. The van der Waals surface area contributed by atoms with E-state index in [9.17, 15) is 4.79 Å². The predicted octanol–water partition coefficient (Wildman–Crippen LogP) is 11.9. The van der Waals surface area contributed by atoms with Gasteiger partial charge in [-0.25, -0.2) is 9.18 Å². The third-order valence-corrected chi connectivity index (χ3v) is 10.4. The summed E-state index contributed by atoms with van der Waals surface area (Å²) >= 11 is 0. The lowest BCUT2D eigenvalue weighted by Crippen LogP contribution is -2.31. The number of pyridine rings is 1. The molecule has 8 rings (SSSR count). The van der Waals surface area contributed by atoms with Gasteiger partial charge in [0.1, 0.15) is 5.82 Å². The first kappa shape index (κ1) is 33.2. The molecule has 0 saturated heterocycles. The smallest absolute Gasteiger partial charge is 0.335 e. The largest absolute Gasteiger partial charge is 0.478 e. The number of benzene rings is 6. The second kappa shape index (κ2) is 12.8. The van der Waals surface area contributed by atoms with E-state index in [0.717, 1.165) is 40.4 Å². The molecule has 1 aliphatic carbocycles. The molecule has 1 aliphatic rings. The minimum Gasteiger partial charge on any atom is -0.478 e. The van der Waals surface area contributed by atoms with Crippen LogP contribution >= 0.6 is 0 Å². The van der Waals surface area contributed by atoms with Crippen molar-refractivity contribution in [1.29, 1.82) is 0 Å². The zero-order valence-electron chi connectivity index (χ0n) is 29.3. The molecule has 0 radical (unpaired) electrons. The average molecular weight is 660 g/mol. The first-order valence-electron chi connectivity index (χ1n) is 17.3. The van der Waals surface area contributed by atoms with E-state index in [4.69, 9.17) is 5.11 Å². The van der Waals surface area contributed by atoms with Gasteiger partial charge in [-0.1, -0.05) is 120 Å². The van der Waals surface area contributed by atoms with Crippen LogP contribution in [0.1, 0.15) is 73.1 Å². The van der Waals surface area contributed by atoms with Gasteiger partial charge < -0.3 is 5.11 Å². The fourth-order valence-corrected chi connectivity index (χ4v) is 7.59. The highest BCUT2D eigenvalue weighted by molar-refractivity contribution is 6.08. The van der Waals surface area contributed by atoms with Crippen LogP contribution < -0.4 is 0 Å². The summed E-state index contributed by atoms with van der Waals surface area (Å²) in [5.74, 6) is -0.814. The first-order valence-corrected chi connectivity index (χ1v) is 17.3. The fraction of sp³-hybridized carbons (Fsp3) is 0.217. The summed E-state index contributed by atoms with van der Waals surface area (Å²) in [6.45, 7) is 11.4. The lowest BCUT2D eigenvalue weighted by Gasteiger charge is -2.41. The molecule has 0 spiro atoms. The van der Waals surface area contributed by atoms with E-state index in [1.807, 2.05) is 6.07 Å². The van der Waals surface area contributed by atoms with Gasteiger partial charge in [-0.3, -0.25) is 4.98 Å². The van der Waals surface area contributed by atoms with Crippen LogP contribution in [-0.2, 0) is 18.3 Å². The third kappa shape index (κ3) is 6.50. The Morgan fingerprint density at radius 2 is 1.50 bits per heavy atom. The van der Waals surface area contributed by atoms with Crippen molar-refractivity contribution in [3.8, 4) is 11.1 Å². The van der Waals surface area contributed by atoms with Gasteiger partial charge in [0.2, 0.25) is 0 Å². The van der Waals surface area contributed by atoms with Gasteiger partial charge in [-0.15, -0.1) is 0 Å². The number of carbonyl (C=O) groups is 1. The number of nitrogens with zero attached hydrogens (tertiary/aromatic N) is 1. The molecule has 1 aromatic heterocycles. The molecule has 50 heavy (non-hydrogen) atoms. The molecule has 0 fully saturated rings. The zero-order chi connectivity index (χ0) is 35.2. The Morgan fingerprint density at radius 3 is 2.26 bits per heavy atom. The third-order valence-electron chi connectivity index (χ3n) is 10.4. The Kier molecular flexibility index (Phi) is 8.51. The highest BCUT2D eigenvalue weighted by Gasteiger charge is 2.37. The molecule has 3 nitrogen and oxygen atoms in total. The zero-order valence-corrected chi connectivity index (χ0v) is 29.3. The predicted molar refractivity (Wildman–Crippen MR) is 205 cm³/mol. The average Bonchev–Trinajstić information content (AvgIpc) is 3.10. The van der Waals surface area contributed by atoms with Crippen molar-refractivity contribution < 1.29 is 14.3 Å². The lowest BCUT2D eigenvalue weighted by atomic mass is 9.63. The number of aromatic nitrogens is 1. The van der Waals surface area contributed by atoms with E-state index < -0.39 is 5.97 Å².